The fraction of sp³-hybridized carbons (Fsp3) is 0.556. The van der Waals surface area contributed by atoms with Crippen LogP contribution < -0.4 is 0 Å². The zero-order valence-electron chi connectivity index (χ0n) is 13.9. The number of benzene rings is 1. The van der Waals surface area contributed by atoms with Crippen LogP contribution in [0, 0.1) is 5.92 Å². The summed E-state index contributed by atoms with van der Waals surface area (Å²) in [6, 6.07) is 9.69. The molecule has 1 saturated heterocycles. The van der Waals surface area contributed by atoms with E-state index >= 15 is 0 Å². The summed E-state index contributed by atoms with van der Waals surface area (Å²) < 4.78 is 0. The van der Waals surface area contributed by atoms with Crippen LogP contribution in [-0.4, -0.2) is 52.5 Å². The van der Waals surface area contributed by atoms with Gasteiger partial charge in [-0.25, -0.2) is 0 Å². The quantitative estimate of drug-likeness (QED) is 0.898. The maximum atomic E-state index is 12.4. The number of carbonyl (C=O) groups excluding carboxylic acids is 2. The molecule has 0 saturated carbocycles. The van der Waals surface area contributed by atoms with Crippen LogP contribution in [0.5, 0.6) is 0 Å². The first kappa shape index (κ1) is 17.5. The number of aliphatic hydroxyl groups is 1. The molecule has 0 bridgehead atoms. The van der Waals surface area contributed by atoms with Crippen molar-refractivity contribution in [2.75, 3.05) is 19.6 Å². The smallest absolute Gasteiger partial charge is 0.242 e. The molecule has 1 unspecified atom stereocenters. The molecule has 1 N–H and O–H groups in total. The van der Waals surface area contributed by atoms with Gasteiger partial charge in [0.15, 0.2) is 0 Å². The second-order valence-electron chi connectivity index (χ2n) is 6.62. The third kappa shape index (κ3) is 5.36. The van der Waals surface area contributed by atoms with Crippen LogP contribution in [0.4, 0.5) is 0 Å². The molecule has 126 valence electrons. The average molecular weight is 318 g/mol. The van der Waals surface area contributed by atoms with Gasteiger partial charge in [0.2, 0.25) is 11.8 Å². The van der Waals surface area contributed by atoms with Crippen LogP contribution in [0.25, 0.3) is 0 Å². The number of amides is 2. The number of hydrogen-bond acceptors (Lipinski definition) is 3. The number of hydrogen-bond donors (Lipinski definition) is 1. The predicted molar refractivity (Wildman–Crippen MR) is 88.5 cm³/mol. The monoisotopic (exact) mass is 318 g/mol. The summed E-state index contributed by atoms with van der Waals surface area (Å²) >= 11 is 0. The lowest BCUT2D eigenvalue weighted by Crippen LogP contribution is -2.39. The number of nitrogens with zero attached hydrogens (tertiary/aromatic N) is 2. The third-order valence-electron chi connectivity index (χ3n) is 4.05. The van der Waals surface area contributed by atoms with Gasteiger partial charge in [0.25, 0.3) is 0 Å². The summed E-state index contributed by atoms with van der Waals surface area (Å²) in [5.41, 5.74) is 1.02. The van der Waals surface area contributed by atoms with Gasteiger partial charge < -0.3 is 14.9 Å². The lowest BCUT2D eigenvalue weighted by molar-refractivity contribution is -0.139. The molecule has 1 aromatic carbocycles. The number of aliphatic hydroxyl groups excluding tert-OH is 1. The average Bonchev–Trinajstić information content (AvgIpc) is 2.65. The largest absolute Gasteiger partial charge is 0.389 e. The molecule has 2 rings (SSSR count). The maximum Gasteiger partial charge on any atom is 0.242 e. The summed E-state index contributed by atoms with van der Waals surface area (Å²) in [5, 5.41) is 10.2. The zero-order chi connectivity index (χ0) is 16.8. The summed E-state index contributed by atoms with van der Waals surface area (Å²) in [4.78, 5) is 27.8. The van der Waals surface area contributed by atoms with E-state index < -0.39 is 6.10 Å². The lowest BCUT2D eigenvalue weighted by Gasteiger charge is -2.22. The van der Waals surface area contributed by atoms with Gasteiger partial charge in [0.05, 0.1) is 12.6 Å². The first-order valence-corrected chi connectivity index (χ1v) is 8.23. The van der Waals surface area contributed by atoms with E-state index in [9.17, 15) is 14.7 Å². The fourth-order valence-corrected chi connectivity index (χ4v) is 2.71. The Kier molecular flexibility index (Phi) is 6.16. The van der Waals surface area contributed by atoms with Gasteiger partial charge in [0.1, 0.15) is 0 Å². The number of rotatable bonds is 5. The van der Waals surface area contributed by atoms with Crippen LogP contribution in [0.1, 0.15) is 32.3 Å². The van der Waals surface area contributed by atoms with E-state index in [1.807, 2.05) is 30.3 Å². The number of β-amino-alcohol motifs (C(OH)–C–C–N with tert-alkyl or cyclic N) is 1. The van der Waals surface area contributed by atoms with Crippen molar-refractivity contribution in [2.45, 2.75) is 39.3 Å². The van der Waals surface area contributed by atoms with E-state index in [1.54, 1.807) is 4.90 Å². The SMILES string of the molecule is CC(C)CCC(=O)N1CC(=O)N(Cc2ccccc2)CC(O)C1. The van der Waals surface area contributed by atoms with Crippen molar-refractivity contribution in [3.05, 3.63) is 35.9 Å². The van der Waals surface area contributed by atoms with Gasteiger partial charge in [0, 0.05) is 26.1 Å². The minimum atomic E-state index is -0.701. The summed E-state index contributed by atoms with van der Waals surface area (Å²) in [5.74, 6) is 0.289. The van der Waals surface area contributed by atoms with Crippen molar-refractivity contribution in [1.82, 2.24) is 9.80 Å². The first-order valence-electron chi connectivity index (χ1n) is 8.23. The zero-order valence-corrected chi connectivity index (χ0v) is 13.9. The minimum absolute atomic E-state index is 0.0485. The summed E-state index contributed by atoms with van der Waals surface area (Å²) in [6.45, 7) is 5.15. The van der Waals surface area contributed by atoms with E-state index in [-0.39, 0.29) is 31.4 Å². The van der Waals surface area contributed by atoms with Gasteiger partial charge in [-0.15, -0.1) is 0 Å². The third-order valence-corrected chi connectivity index (χ3v) is 4.05. The van der Waals surface area contributed by atoms with Crippen LogP contribution >= 0.6 is 0 Å². The molecule has 5 nitrogen and oxygen atoms in total. The highest BCUT2D eigenvalue weighted by Crippen LogP contribution is 2.13. The highest BCUT2D eigenvalue weighted by Gasteiger charge is 2.29. The Bertz CT molecular complexity index is 530. The van der Waals surface area contributed by atoms with Crippen molar-refractivity contribution in [3.8, 4) is 0 Å². The molecule has 1 heterocycles. The van der Waals surface area contributed by atoms with E-state index in [0.29, 0.717) is 18.9 Å². The van der Waals surface area contributed by atoms with Crippen molar-refractivity contribution >= 4 is 11.8 Å². The molecule has 5 heteroatoms. The summed E-state index contributed by atoms with van der Waals surface area (Å²) in [7, 11) is 0. The van der Waals surface area contributed by atoms with E-state index in [0.717, 1.165) is 12.0 Å². The van der Waals surface area contributed by atoms with Gasteiger partial charge in [-0.3, -0.25) is 9.59 Å². The molecule has 2 amide bonds. The second kappa shape index (κ2) is 8.11. The molecule has 1 fully saturated rings. The molecule has 0 radical (unpaired) electrons. The molecule has 23 heavy (non-hydrogen) atoms. The van der Waals surface area contributed by atoms with Gasteiger partial charge in [-0.1, -0.05) is 44.2 Å². The van der Waals surface area contributed by atoms with Crippen LogP contribution in [0.2, 0.25) is 0 Å². The van der Waals surface area contributed by atoms with E-state index in [2.05, 4.69) is 13.8 Å². The van der Waals surface area contributed by atoms with Crippen molar-refractivity contribution in [1.29, 1.82) is 0 Å². The van der Waals surface area contributed by atoms with Crippen molar-refractivity contribution < 1.29 is 14.7 Å². The highest BCUT2D eigenvalue weighted by atomic mass is 16.3. The standard InChI is InChI=1S/C18H26N2O3/c1-14(2)8-9-17(22)20-12-16(21)11-19(18(23)13-20)10-15-6-4-3-5-7-15/h3-7,14,16,21H,8-13H2,1-2H3. The molecule has 0 spiro atoms. The first-order chi connectivity index (χ1) is 11.0. The maximum absolute atomic E-state index is 12.4. The van der Waals surface area contributed by atoms with E-state index in [1.165, 1.54) is 4.90 Å². The molecule has 1 aliphatic heterocycles. The predicted octanol–water partition coefficient (Wildman–Crippen LogP) is 1.65. The van der Waals surface area contributed by atoms with E-state index in [4.69, 9.17) is 0 Å². The highest BCUT2D eigenvalue weighted by molar-refractivity contribution is 5.85. The number of carbonyl (C=O) groups is 2. The van der Waals surface area contributed by atoms with Crippen molar-refractivity contribution in [2.24, 2.45) is 5.92 Å². The Labute approximate surface area is 137 Å². The van der Waals surface area contributed by atoms with Crippen LogP contribution in [-0.2, 0) is 16.1 Å². The molecular formula is C18H26N2O3. The second-order valence-corrected chi connectivity index (χ2v) is 6.62. The van der Waals surface area contributed by atoms with Gasteiger partial charge in [-0.2, -0.15) is 0 Å². The Morgan fingerprint density at radius 2 is 1.96 bits per heavy atom. The lowest BCUT2D eigenvalue weighted by atomic mass is 10.1. The Balaban J connectivity index is 1.99. The van der Waals surface area contributed by atoms with Gasteiger partial charge >= 0.3 is 0 Å². The normalized spacial score (nSPS) is 19.1. The van der Waals surface area contributed by atoms with Gasteiger partial charge in [-0.05, 0) is 17.9 Å². The van der Waals surface area contributed by atoms with Crippen LogP contribution in [0.3, 0.4) is 0 Å². The molecule has 0 aliphatic carbocycles. The fourth-order valence-electron chi connectivity index (χ4n) is 2.71. The Morgan fingerprint density at radius 3 is 2.61 bits per heavy atom. The molecular weight excluding hydrogens is 292 g/mol. The topological polar surface area (TPSA) is 60.9 Å². The van der Waals surface area contributed by atoms with Crippen molar-refractivity contribution in [3.63, 3.8) is 0 Å². The van der Waals surface area contributed by atoms with Crippen LogP contribution in [0.15, 0.2) is 30.3 Å². The molecule has 1 aliphatic rings. The summed E-state index contributed by atoms with van der Waals surface area (Å²) in [6.07, 6.45) is 0.525. The molecule has 1 atom stereocenters. The Hall–Kier alpha value is -1.88. The minimum Gasteiger partial charge on any atom is -0.389 e. The molecule has 1 aromatic rings. The Morgan fingerprint density at radius 1 is 1.26 bits per heavy atom. The molecule has 0 aromatic heterocycles.